The minimum Gasteiger partial charge on any atom is -0.457 e. The number of anilines is 3. The van der Waals surface area contributed by atoms with Crippen molar-refractivity contribution < 1.29 is 14.3 Å². The molecular formula is C29H30N6O3. The second-order valence-corrected chi connectivity index (χ2v) is 9.42. The van der Waals surface area contributed by atoms with Crippen LogP contribution in [0, 0.1) is 18.3 Å². The van der Waals surface area contributed by atoms with Gasteiger partial charge in [0.05, 0.1) is 34.8 Å². The Morgan fingerprint density at radius 2 is 1.89 bits per heavy atom. The number of rotatable bonds is 7. The fraction of sp³-hybridized carbons (Fsp3) is 0.276. The predicted octanol–water partition coefficient (Wildman–Crippen LogP) is 6.08. The summed E-state index contributed by atoms with van der Waals surface area (Å²) in [6.45, 7) is 3.25. The van der Waals surface area contributed by atoms with Gasteiger partial charge in [-0.1, -0.05) is 24.6 Å². The number of hydrogen-bond acceptors (Lipinski definition) is 7. The van der Waals surface area contributed by atoms with Crippen LogP contribution >= 0.6 is 0 Å². The summed E-state index contributed by atoms with van der Waals surface area (Å²) >= 11 is 0. The summed E-state index contributed by atoms with van der Waals surface area (Å²) in [5.41, 5.74) is 3.80. The Morgan fingerprint density at radius 3 is 2.63 bits per heavy atom. The van der Waals surface area contributed by atoms with E-state index in [9.17, 15) is 10.1 Å². The highest BCUT2D eigenvalue weighted by atomic mass is 16.5. The lowest BCUT2D eigenvalue weighted by atomic mass is 10.0. The molecule has 1 aliphatic heterocycles. The highest BCUT2D eigenvalue weighted by molar-refractivity contribution is 5.92. The van der Waals surface area contributed by atoms with E-state index < -0.39 is 6.09 Å². The second-order valence-electron chi connectivity index (χ2n) is 9.42. The monoisotopic (exact) mass is 510 g/mol. The van der Waals surface area contributed by atoms with Crippen molar-refractivity contribution in [1.29, 1.82) is 5.26 Å². The minimum atomic E-state index is -0.507. The number of ether oxygens (including phenoxy) is 2. The maximum Gasteiger partial charge on any atom is 0.411 e. The van der Waals surface area contributed by atoms with Crippen molar-refractivity contribution in [2.24, 2.45) is 0 Å². The van der Waals surface area contributed by atoms with E-state index in [4.69, 9.17) is 9.47 Å². The molecule has 1 amide bonds. The molecule has 0 spiro atoms. The molecule has 0 radical (unpaired) electrons. The molecule has 0 saturated carbocycles. The van der Waals surface area contributed by atoms with E-state index in [1.807, 2.05) is 61.5 Å². The van der Waals surface area contributed by atoms with Gasteiger partial charge in [-0.05, 0) is 69.8 Å². The molecule has 1 aliphatic rings. The van der Waals surface area contributed by atoms with Crippen molar-refractivity contribution in [3.05, 3.63) is 78.1 Å². The van der Waals surface area contributed by atoms with Gasteiger partial charge in [0.1, 0.15) is 24.2 Å². The predicted molar refractivity (Wildman–Crippen MR) is 146 cm³/mol. The first-order chi connectivity index (χ1) is 18.5. The van der Waals surface area contributed by atoms with E-state index in [0.717, 1.165) is 36.4 Å². The Kier molecular flexibility index (Phi) is 7.43. The highest BCUT2D eigenvalue weighted by Crippen LogP contribution is 2.33. The van der Waals surface area contributed by atoms with Gasteiger partial charge >= 0.3 is 6.09 Å². The third-order valence-electron chi connectivity index (χ3n) is 6.85. The Balaban J connectivity index is 1.33. The molecule has 0 bridgehead atoms. The van der Waals surface area contributed by atoms with Crippen LogP contribution in [0.15, 0.2) is 67.0 Å². The Morgan fingerprint density at radius 1 is 1.13 bits per heavy atom. The number of carbonyl (C=O) groups excluding carboxylic acids is 1. The molecule has 2 aromatic heterocycles. The SMILES string of the molecule is Cc1c(NC(=O)OCC2CCCCN2C)cn2ncc(C#N)c(Nc3ccc(Oc4ccccc4)cc3)c12. The molecule has 1 saturated heterocycles. The molecule has 2 N–H and O–H groups in total. The molecule has 1 unspecified atom stereocenters. The molecule has 2 aromatic carbocycles. The van der Waals surface area contributed by atoms with Gasteiger partial charge in [0.2, 0.25) is 0 Å². The number of fused-ring (bicyclic) bond motifs is 1. The van der Waals surface area contributed by atoms with E-state index in [0.29, 0.717) is 34.8 Å². The van der Waals surface area contributed by atoms with Crippen LogP contribution in [0.2, 0.25) is 0 Å². The summed E-state index contributed by atoms with van der Waals surface area (Å²) in [6.07, 6.45) is 6.07. The van der Waals surface area contributed by atoms with E-state index in [2.05, 4.69) is 33.7 Å². The van der Waals surface area contributed by atoms with Crippen molar-refractivity contribution >= 4 is 28.7 Å². The fourth-order valence-electron chi connectivity index (χ4n) is 4.67. The van der Waals surface area contributed by atoms with Crippen molar-refractivity contribution in [2.45, 2.75) is 32.2 Å². The largest absolute Gasteiger partial charge is 0.457 e. The Bertz CT molecular complexity index is 1460. The zero-order chi connectivity index (χ0) is 26.5. The number of aromatic nitrogens is 2. The molecule has 5 rings (SSSR count). The summed E-state index contributed by atoms with van der Waals surface area (Å²) in [5, 5.41) is 20.3. The van der Waals surface area contributed by atoms with Crippen LogP contribution in [0.4, 0.5) is 21.9 Å². The molecule has 1 fully saturated rings. The molecule has 38 heavy (non-hydrogen) atoms. The van der Waals surface area contributed by atoms with Crippen molar-refractivity contribution in [1.82, 2.24) is 14.5 Å². The van der Waals surface area contributed by atoms with Crippen molar-refractivity contribution in [3.63, 3.8) is 0 Å². The topological polar surface area (TPSA) is 104 Å². The second kappa shape index (κ2) is 11.2. The number of piperidine rings is 1. The van der Waals surface area contributed by atoms with Gasteiger partial charge in [-0.25, -0.2) is 9.31 Å². The maximum absolute atomic E-state index is 12.6. The minimum absolute atomic E-state index is 0.240. The quantitative estimate of drug-likeness (QED) is 0.310. The number of carbonyl (C=O) groups is 1. The number of nitrogens with zero attached hydrogens (tertiary/aromatic N) is 4. The number of nitrogens with one attached hydrogen (secondary N) is 2. The van der Waals surface area contributed by atoms with Gasteiger partial charge in [0, 0.05) is 17.3 Å². The summed E-state index contributed by atoms with van der Waals surface area (Å²) < 4.78 is 13.1. The fourth-order valence-corrected chi connectivity index (χ4v) is 4.67. The number of likely N-dealkylation sites (tertiary alicyclic amines) is 1. The number of likely N-dealkylation sites (N-methyl/N-ethyl adjacent to an activating group) is 1. The number of nitriles is 1. The van der Waals surface area contributed by atoms with E-state index in [1.165, 1.54) is 12.6 Å². The first-order valence-corrected chi connectivity index (χ1v) is 12.7. The van der Waals surface area contributed by atoms with Gasteiger partial charge in [0.15, 0.2) is 0 Å². The van der Waals surface area contributed by atoms with E-state index in [-0.39, 0.29) is 6.04 Å². The number of hydrogen-bond donors (Lipinski definition) is 2. The average molecular weight is 511 g/mol. The van der Waals surface area contributed by atoms with Gasteiger partial charge in [-0.2, -0.15) is 10.4 Å². The molecule has 9 nitrogen and oxygen atoms in total. The van der Waals surface area contributed by atoms with Gasteiger partial charge in [-0.15, -0.1) is 0 Å². The number of benzene rings is 2. The third kappa shape index (κ3) is 5.56. The zero-order valence-corrected chi connectivity index (χ0v) is 21.5. The third-order valence-corrected chi connectivity index (χ3v) is 6.85. The van der Waals surface area contributed by atoms with Crippen LogP contribution in [-0.2, 0) is 4.74 Å². The van der Waals surface area contributed by atoms with Crippen molar-refractivity contribution in [2.75, 3.05) is 30.8 Å². The van der Waals surface area contributed by atoms with Crippen LogP contribution in [0.25, 0.3) is 5.52 Å². The highest BCUT2D eigenvalue weighted by Gasteiger charge is 2.22. The lowest BCUT2D eigenvalue weighted by Gasteiger charge is -2.31. The van der Waals surface area contributed by atoms with E-state index >= 15 is 0 Å². The van der Waals surface area contributed by atoms with Crippen LogP contribution in [0.3, 0.4) is 0 Å². The summed E-state index contributed by atoms with van der Waals surface area (Å²) in [6, 6.07) is 19.5. The summed E-state index contributed by atoms with van der Waals surface area (Å²) in [5.74, 6) is 1.45. The number of para-hydroxylation sites is 1. The number of aryl methyl sites for hydroxylation is 1. The zero-order valence-electron chi connectivity index (χ0n) is 21.5. The van der Waals surface area contributed by atoms with Crippen LogP contribution < -0.4 is 15.4 Å². The van der Waals surface area contributed by atoms with Gasteiger partial charge < -0.3 is 19.7 Å². The first kappa shape index (κ1) is 25.1. The van der Waals surface area contributed by atoms with Gasteiger partial charge in [-0.3, -0.25) is 5.32 Å². The smallest absolute Gasteiger partial charge is 0.411 e. The van der Waals surface area contributed by atoms with Crippen molar-refractivity contribution in [3.8, 4) is 17.6 Å². The lowest BCUT2D eigenvalue weighted by Crippen LogP contribution is -2.40. The Labute approximate surface area is 221 Å². The van der Waals surface area contributed by atoms with Crippen LogP contribution in [0.1, 0.15) is 30.4 Å². The molecular weight excluding hydrogens is 480 g/mol. The molecule has 0 aliphatic carbocycles. The molecule has 4 aromatic rings. The van der Waals surface area contributed by atoms with Crippen LogP contribution in [0.5, 0.6) is 11.5 Å². The molecule has 3 heterocycles. The first-order valence-electron chi connectivity index (χ1n) is 12.7. The lowest BCUT2D eigenvalue weighted by molar-refractivity contribution is 0.0908. The van der Waals surface area contributed by atoms with Crippen LogP contribution in [-0.4, -0.2) is 46.8 Å². The summed E-state index contributed by atoms with van der Waals surface area (Å²) in [4.78, 5) is 14.8. The standard InChI is InChI=1S/C29H30N6O3/c1-20-26(33-29(36)37-19-23-8-6-7-15-34(23)2)18-35-28(20)27(21(16-30)17-31-35)32-22-11-13-25(14-12-22)38-24-9-4-3-5-10-24/h3-5,9-14,17-18,23,32H,6-8,15,19H2,1-2H3,(H,33,36). The van der Waals surface area contributed by atoms with E-state index in [1.54, 1.807) is 10.7 Å². The molecule has 194 valence electrons. The maximum atomic E-state index is 12.6. The molecule has 9 heteroatoms. The summed E-state index contributed by atoms with van der Waals surface area (Å²) in [7, 11) is 2.06. The number of amides is 1. The van der Waals surface area contributed by atoms with Gasteiger partial charge in [0.25, 0.3) is 0 Å². The normalized spacial score (nSPS) is 15.6. The average Bonchev–Trinajstić information content (AvgIpc) is 3.25. The Hall–Kier alpha value is -4.55. The molecule has 1 atom stereocenters.